The second-order valence-corrected chi connectivity index (χ2v) is 4.55. The van der Waals surface area contributed by atoms with Gasteiger partial charge >= 0.3 is 6.03 Å². The van der Waals surface area contributed by atoms with E-state index in [0.29, 0.717) is 5.13 Å². The molecule has 0 aliphatic carbocycles. The van der Waals surface area contributed by atoms with Crippen molar-refractivity contribution < 1.29 is 4.79 Å². The van der Waals surface area contributed by atoms with Gasteiger partial charge < -0.3 is 0 Å². The van der Waals surface area contributed by atoms with Gasteiger partial charge in [-0.3, -0.25) is 10.7 Å². The number of hydrogen-bond donors (Lipinski definition) is 2. The smallest absolute Gasteiger partial charge is 0.290 e. The van der Waals surface area contributed by atoms with Crippen molar-refractivity contribution in [3.05, 3.63) is 47.6 Å². The number of anilines is 2. The summed E-state index contributed by atoms with van der Waals surface area (Å²) in [6, 6.07) is 7.51. The number of rotatable bonds is 1. The zero-order valence-corrected chi connectivity index (χ0v) is 10.1. The third-order valence-electron chi connectivity index (χ3n) is 2.47. The van der Waals surface area contributed by atoms with Gasteiger partial charge in [0.2, 0.25) is 0 Å². The van der Waals surface area contributed by atoms with Crippen LogP contribution in [0.1, 0.15) is 5.56 Å². The molecule has 6 heteroatoms. The summed E-state index contributed by atoms with van der Waals surface area (Å²) in [5, 5.41) is 6.48. The van der Waals surface area contributed by atoms with E-state index >= 15 is 0 Å². The number of carbonyl (C=O) groups is 1. The number of nitrogens with one attached hydrogen (secondary N) is 2. The molecule has 0 unspecified atom stereocenters. The maximum Gasteiger partial charge on any atom is 0.346 e. The highest BCUT2D eigenvalue weighted by molar-refractivity contribution is 7.13. The molecule has 0 saturated carbocycles. The molecule has 1 aromatic heterocycles. The summed E-state index contributed by atoms with van der Waals surface area (Å²) in [6.07, 6.45) is 5.22. The van der Waals surface area contributed by atoms with E-state index < -0.39 is 0 Å². The molecule has 2 aromatic rings. The van der Waals surface area contributed by atoms with Gasteiger partial charge in [0.25, 0.3) is 0 Å². The molecule has 0 spiro atoms. The van der Waals surface area contributed by atoms with Crippen LogP contribution < -0.4 is 10.7 Å². The second-order valence-electron chi connectivity index (χ2n) is 3.65. The van der Waals surface area contributed by atoms with Crippen molar-refractivity contribution >= 4 is 34.3 Å². The fourth-order valence-electron chi connectivity index (χ4n) is 1.62. The van der Waals surface area contributed by atoms with E-state index in [1.165, 1.54) is 16.3 Å². The van der Waals surface area contributed by atoms with Gasteiger partial charge in [0.15, 0.2) is 5.13 Å². The van der Waals surface area contributed by atoms with Crippen LogP contribution in [-0.4, -0.2) is 16.0 Å². The van der Waals surface area contributed by atoms with Gasteiger partial charge in [0.1, 0.15) is 0 Å². The lowest BCUT2D eigenvalue weighted by Gasteiger charge is -2.24. The molecule has 0 atom stereocenters. The molecule has 1 aliphatic heterocycles. The van der Waals surface area contributed by atoms with Gasteiger partial charge in [-0.15, -0.1) is 11.3 Å². The van der Waals surface area contributed by atoms with Crippen LogP contribution in [0.3, 0.4) is 0 Å². The Morgan fingerprint density at radius 1 is 1.39 bits per heavy atom. The first kappa shape index (κ1) is 10.8. The molecule has 18 heavy (non-hydrogen) atoms. The Balaban J connectivity index is 1.74. The Bertz CT molecular complexity index is 594. The minimum absolute atomic E-state index is 0.268. The Hall–Kier alpha value is -2.34. The van der Waals surface area contributed by atoms with Crippen molar-refractivity contribution in [1.82, 2.24) is 9.99 Å². The third-order valence-corrected chi connectivity index (χ3v) is 3.16. The molecule has 0 radical (unpaired) electrons. The van der Waals surface area contributed by atoms with Crippen LogP contribution in [0.5, 0.6) is 0 Å². The van der Waals surface area contributed by atoms with Gasteiger partial charge in [-0.05, 0) is 12.1 Å². The third kappa shape index (κ3) is 2.05. The molecular formula is C12H10N4OS. The molecule has 0 saturated heterocycles. The largest absolute Gasteiger partial charge is 0.346 e. The number of fused-ring (bicyclic) bond motifs is 1. The fraction of sp³-hybridized carbons (Fsp3) is 0. The summed E-state index contributed by atoms with van der Waals surface area (Å²) in [5.74, 6) is 0. The number of urea groups is 1. The Morgan fingerprint density at radius 2 is 2.28 bits per heavy atom. The number of hydrazine groups is 1. The Labute approximate surface area is 108 Å². The molecule has 5 nitrogen and oxygen atoms in total. The van der Waals surface area contributed by atoms with Gasteiger partial charge in [-0.1, -0.05) is 18.2 Å². The minimum Gasteiger partial charge on any atom is -0.290 e. The molecule has 2 N–H and O–H groups in total. The lowest BCUT2D eigenvalue weighted by molar-refractivity contribution is 0.235. The Morgan fingerprint density at radius 3 is 3.11 bits per heavy atom. The van der Waals surface area contributed by atoms with Crippen LogP contribution in [0.2, 0.25) is 0 Å². The number of amides is 2. The molecule has 2 amide bonds. The monoisotopic (exact) mass is 258 g/mol. The van der Waals surface area contributed by atoms with Gasteiger partial charge in [-0.25, -0.2) is 14.8 Å². The summed E-state index contributed by atoms with van der Waals surface area (Å²) in [5.41, 5.74) is 4.97. The van der Waals surface area contributed by atoms with Crippen molar-refractivity contribution in [1.29, 1.82) is 0 Å². The first-order valence-electron chi connectivity index (χ1n) is 5.36. The second kappa shape index (κ2) is 4.50. The fourth-order valence-corrected chi connectivity index (χ4v) is 2.14. The molecule has 1 aliphatic rings. The summed E-state index contributed by atoms with van der Waals surface area (Å²) in [6.45, 7) is 0. The predicted molar refractivity (Wildman–Crippen MR) is 72.1 cm³/mol. The van der Waals surface area contributed by atoms with Crippen LogP contribution in [0, 0.1) is 0 Å². The molecular weight excluding hydrogens is 248 g/mol. The molecule has 1 aromatic carbocycles. The van der Waals surface area contributed by atoms with Gasteiger partial charge in [-0.2, -0.15) is 0 Å². The van der Waals surface area contributed by atoms with Crippen molar-refractivity contribution in [2.45, 2.75) is 0 Å². The highest BCUT2D eigenvalue weighted by Crippen LogP contribution is 2.22. The molecule has 3 rings (SSSR count). The first-order chi connectivity index (χ1) is 8.83. The van der Waals surface area contributed by atoms with Crippen molar-refractivity contribution in [2.24, 2.45) is 0 Å². The highest BCUT2D eigenvalue weighted by Gasteiger charge is 2.16. The molecule has 0 fully saturated rings. The minimum atomic E-state index is -0.268. The predicted octanol–water partition coefficient (Wildman–Crippen LogP) is 2.99. The van der Waals surface area contributed by atoms with Crippen LogP contribution in [0.15, 0.2) is 42.0 Å². The van der Waals surface area contributed by atoms with E-state index in [-0.39, 0.29) is 6.03 Å². The lowest BCUT2D eigenvalue weighted by Crippen LogP contribution is -2.36. The molecule has 2 heterocycles. The zero-order chi connectivity index (χ0) is 12.4. The molecule has 90 valence electrons. The van der Waals surface area contributed by atoms with Crippen LogP contribution >= 0.6 is 11.3 Å². The van der Waals surface area contributed by atoms with E-state index in [1.54, 1.807) is 12.4 Å². The van der Waals surface area contributed by atoms with Crippen LogP contribution in [-0.2, 0) is 0 Å². The van der Waals surface area contributed by atoms with E-state index in [4.69, 9.17) is 0 Å². The van der Waals surface area contributed by atoms with Crippen LogP contribution in [0.4, 0.5) is 15.6 Å². The van der Waals surface area contributed by atoms with Crippen molar-refractivity contribution in [3.63, 3.8) is 0 Å². The van der Waals surface area contributed by atoms with Crippen LogP contribution in [0.25, 0.3) is 6.08 Å². The van der Waals surface area contributed by atoms with E-state index in [2.05, 4.69) is 15.7 Å². The number of hydrogen-bond acceptors (Lipinski definition) is 4. The maximum absolute atomic E-state index is 11.9. The van der Waals surface area contributed by atoms with Crippen molar-refractivity contribution in [3.8, 4) is 0 Å². The topological polar surface area (TPSA) is 57.3 Å². The average Bonchev–Trinajstić information content (AvgIpc) is 2.91. The zero-order valence-electron chi connectivity index (χ0n) is 9.33. The van der Waals surface area contributed by atoms with Gasteiger partial charge in [0, 0.05) is 23.3 Å². The standard InChI is InChI=1S/C12H10N4OS/c17-12(14-11-13-6-8-18-11)16-7-5-9-3-1-2-4-10(9)15-16/h1-8,15H,(H,13,14,17). The summed E-state index contributed by atoms with van der Waals surface area (Å²) in [7, 11) is 0. The number of para-hydroxylation sites is 1. The number of aromatic nitrogens is 1. The average molecular weight is 258 g/mol. The number of benzene rings is 1. The number of nitrogens with zero attached hydrogens (tertiary/aromatic N) is 2. The van der Waals surface area contributed by atoms with E-state index in [1.807, 2.05) is 35.7 Å². The quantitative estimate of drug-likeness (QED) is 0.826. The summed E-state index contributed by atoms with van der Waals surface area (Å²) < 4.78 is 0. The molecule has 0 bridgehead atoms. The number of thiazole rings is 1. The van der Waals surface area contributed by atoms with Gasteiger partial charge in [0.05, 0.1) is 5.69 Å². The van der Waals surface area contributed by atoms with E-state index in [9.17, 15) is 4.79 Å². The summed E-state index contributed by atoms with van der Waals surface area (Å²) >= 11 is 1.38. The number of carbonyl (C=O) groups excluding carboxylic acids is 1. The van der Waals surface area contributed by atoms with Crippen molar-refractivity contribution in [2.75, 3.05) is 10.7 Å². The normalized spacial score (nSPS) is 12.8. The summed E-state index contributed by atoms with van der Waals surface area (Å²) in [4.78, 5) is 15.9. The lowest BCUT2D eigenvalue weighted by atomic mass is 10.1. The first-order valence-corrected chi connectivity index (χ1v) is 6.24. The SMILES string of the molecule is O=C(Nc1nccs1)N1C=Cc2ccccc2N1. The maximum atomic E-state index is 11.9. The highest BCUT2D eigenvalue weighted by atomic mass is 32.1. The Kier molecular flexibility index (Phi) is 2.70. The van der Waals surface area contributed by atoms with E-state index in [0.717, 1.165) is 11.3 Å².